The molecule has 2 aromatic rings. The molecule has 0 aliphatic carbocycles. The van der Waals surface area contributed by atoms with E-state index in [9.17, 15) is 4.39 Å². The molecule has 0 radical (unpaired) electrons. The van der Waals surface area contributed by atoms with Crippen LogP contribution in [0.2, 0.25) is 0 Å². The molecule has 28 heavy (non-hydrogen) atoms. The van der Waals surface area contributed by atoms with Gasteiger partial charge in [-0.25, -0.2) is 9.37 Å². The van der Waals surface area contributed by atoms with Crippen molar-refractivity contribution in [3.05, 3.63) is 48.4 Å². The lowest BCUT2D eigenvalue weighted by Crippen LogP contribution is -2.48. The first kappa shape index (κ1) is 19.0. The normalized spacial score (nSPS) is 22.9. The summed E-state index contributed by atoms with van der Waals surface area (Å²) < 4.78 is 13.7. The second-order valence-corrected chi connectivity index (χ2v) is 8.01. The van der Waals surface area contributed by atoms with E-state index in [2.05, 4.69) is 32.2 Å². The molecule has 2 atom stereocenters. The zero-order valence-electron chi connectivity index (χ0n) is 16.4. The number of hydrogen-bond acceptors (Lipinski definition) is 5. The van der Waals surface area contributed by atoms with Crippen molar-refractivity contribution in [1.29, 1.82) is 0 Å². The number of benzene rings is 1. The van der Waals surface area contributed by atoms with Crippen molar-refractivity contribution in [2.45, 2.75) is 31.7 Å². The van der Waals surface area contributed by atoms with Gasteiger partial charge in [-0.05, 0) is 62.4 Å². The van der Waals surface area contributed by atoms with Crippen molar-refractivity contribution in [3.63, 3.8) is 0 Å². The van der Waals surface area contributed by atoms with Crippen LogP contribution < -0.4 is 20.9 Å². The minimum Gasteiger partial charge on any atom is -0.371 e. The lowest BCUT2D eigenvalue weighted by atomic mass is 9.93. The van der Waals surface area contributed by atoms with E-state index in [1.807, 2.05) is 12.3 Å². The SMILES string of the molecule is NCC1CC(Nc2cc(N3CCCCC3)ccn2)CN(c2cccc(F)c2)C1. The van der Waals surface area contributed by atoms with Crippen LogP contribution in [-0.2, 0) is 0 Å². The van der Waals surface area contributed by atoms with Gasteiger partial charge < -0.3 is 20.9 Å². The van der Waals surface area contributed by atoms with Crippen molar-refractivity contribution in [1.82, 2.24) is 4.98 Å². The van der Waals surface area contributed by atoms with E-state index in [-0.39, 0.29) is 11.9 Å². The third-order valence-electron chi connectivity index (χ3n) is 5.86. The van der Waals surface area contributed by atoms with Crippen LogP contribution in [0.1, 0.15) is 25.7 Å². The van der Waals surface area contributed by atoms with E-state index < -0.39 is 0 Å². The number of nitrogens with zero attached hydrogens (tertiary/aromatic N) is 3. The maximum absolute atomic E-state index is 13.7. The van der Waals surface area contributed by atoms with Crippen LogP contribution in [0, 0.1) is 11.7 Å². The van der Waals surface area contributed by atoms with Gasteiger partial charge in [-0.15, -0.1) is 0 Å². The molecule has 6 heteroatoms. The molecule has 0 spiro atoms. The zero-order chi connectivity index (χ0) is 19.3. The second-order valence-electron chi connectivity index (χ2n) is 8.01. The first-order chi connectivity index (χ1) is 13.7. The summed E-state index contributed by atoms with van der Waals surface area (Å²) in [5, 5.41) is 3.61. The van der Waals surface area contributed by atoms with E-state index >= 15 is 0 Å². The molecule has 0 bridgehead atoms. The minimum atomic E-state index is -0.201. The molecular weight excluding hydrogens is 353 g/mol. The first-order valence-corrected chi connectivity index (χ1v) is 10.4. The molecule has 5 nitrogen and oxygen atoms in total. The van der Waals surface area contributed by atoms with Crippen molar-refractivity contribution in [2.24, 2.45) is 11.7 Å². The Labute approximate surface area is 166 Å². The molecule has 4 rings (SSSR count). The molecule has 0 amide bonds. The average molecular weight is 384 g/mol. The van der Waals surface area contributed by atoms with Gasteiger partial charge in [-0.2, -0.15) is 0 Å². The maximum Gasteiger partial charge on any atom is 0.128 e. The van der Waals surface area contributed by atoms with E-state index in [1.54, 1.807) is 12.1 Å². The third kappa shape index (κ3) is 4.55. The standard InChI is InChI=1S/C22H30FN5/c23-18-5-4-6-20(12-18)28-15-17(14-24)11-19(16-28)26-22-13-21(7-8-25-22)27-9-2-1-3-10-27/h4-8,12-13,17,19H,1-3,9-11,14-16,24H2,(H,25,26). The van der Waals surface area contributed by atoms with Crippen molar-refractivity contribution in [2.75, 3.05) is 47.8 Å². The predicted octanol–water partition coefficient (Wildman–Crippen LogP) is 3.48. The highest BCUT2D eigenvalue weighted by Gasteiger charge is 2.27. The van der Waals surface area contributed by atoms with E-state index in [1.165, 1.54) is 31.0 Å². The zero-order valence-corrected chi connectivity index (χ0v) is 16.4. The number of aromatic nitrogens is 1. The molecule has 2 aliphatic rings. The molecule has 3 heterocycles. The average Bonchev–Trinajstić information content (AvgIpc) is 2.74. The van der Waals surface area contributed by atoms with Gasteiger partial charge in [0, 0.05) is 55.9 Å². The summed E-state index contributed by atoms with van der Waals surface area (Å²) in [5.74, 6) is 1.08. The summed E-state index contributed by atoms with van der Waals surface area (Å²) >= 11 is 0. The molecule has 1 aromatic heterocycles. The maximum atomic E-state index is 13.7. The number of pyridine rings is 1. The lowest BCUT2D eigenvalue weighted by molar-refractivity contribution is 0.397. The van der Waals surface area contributed by atoms with Crippen LogP contribution in [0.3, 0.4) is 0 Å². The number of piperidine rings is 2. The Bertz CT molecular complexity index is 777. The van der Waals surface area contributed by atoms with Crippen LogP contribution in [0.25, 0.3) is 0 Å². The van der Waals surface area contributed by atoms with Crippen LogP contribution >= 0.6 is 0 Å². The van der Waals surface area contributed by atoms with E-state index in [0.717, 1.165) is 44.1 Å². The van der Waals surface area contributed by atoms with Gasteiger partial charge in [-0.3, -0.25) is 0 Å². The number of anilines is 3. The van der Waals surface area contributed by atoms with Crippen molar-refractivity contribution >= 4 is 17.2 Å². The van der Waals surface area contributed by atoms with E-state index in [0.29, 0.717) is 12.5 Å². The molecule has 2 saturated heterocycles. The summed E-state index contributed by atoms with van der Waals surface area (Å²) in [6, 6.07) is 11.3. The molecule has 2 aliphatic heterocycles. The first-order valence-electron chi connectivity index (χ1n) is 10.4. The molecule has 2 fully saturated rings. The lowest BCUT2D eigenvalue weighted by Gasteiger charge is -2.39. The van der Waals surface area contributed by atoms with E-state index in [4.69, 9.17) is 5.73 Å². The molecule has 0 saturated carbocycles. The van der Waals surface area contributed by atoms with Gasteiger partial charge in [0.15, 0.2) is 0 Å². The minimum absolute atomic E-state index is 0.201. The Morgan fingerprint density at radius 1 is 1.04 bits per heavy atom. The highest BCUT2D eigenvalue weighted by Crippen LogP contribution is 2.27. The van der Waals surface area contributed by atoms with Gasteiger partial charge in [0.05, 0.1) is 0 Å². The van der Waals surface area contributed by atoms with Gasteiger partial charge in [0.25, 0.3) is 0 Å². The fraction of sp³-hybridized carbons (Fsp3) is 0.500. The molecule has 2 unspecified atom stereocenters. The smallest absolute Gasteiger partial charge is 0.128 e. The largest absolute Gasteiger partial charge is 0.371 e. The summed E-state index contributed by atoms with van der Waals surface area (Å²) in [7, 11) is 0. The number of nitrogens with two attached hydrogens (primary N) is 1. The fourth-order valence-electron chi connectivity index (χ4n) is 4.42. The van der Waals surface area contributed by atoms with Crippen molar-refractivity contribution < 1.29 is 4.39 Å². The van der Waals surface area contributed by atoms with Crippen LogP contribution in [-0.4, -0.2) is 43.7 Å². The highest BCUT2D eigenvalue weighted by atomic mass is 19.1. The molecule has 150 valence electrons. The van der Waals surface area contributed by atoms with Gasteiger partial charge >= 0.3 is 0 Å². The summed E-state index contributed by atoms with van der Waals surface area (Å²) in [4.78, 5) is 9.22. The Morgan fingerprint density at radius 2 is 1.86 bits per heavy atom. The molecule has 1 aromatic carbocycles. The predicted molar refractivity (Wildman–Crippen MR) is 113 cm³/mol. The summed E-state index contributed by atoms with van der Waals surface area (Å²) in [5.41, 5.74) is 8.16. The summed E-state index contributed by atoms with van der Waals surface area (Å²) in [6.07, 6.45) is 6.73. The van der Waals surface area contributed by atoms with Crippen molar-refractivity contribution in [3.8, 4) is 0 Å². The number of nitrogens with one attached hydrogen (secondary N) is 1. The Kier molecular flexibility index (Phi) is 5.95. The van der Waals surface area contributed by atoms with Gasteiger partial charge in [0.2, 0.25) is 0 Å². The van der Waals surface area contributed by atoms with Crippen LogP contribution in [0.5, 0.6) is 0 Å². The van der Waals surface area contributed by atoms with Crippen LogP contribution in [0.4, 0.5) is 21.6 Å². The van der Waals surface area contributed by atoms with Gasteiger partial charge in [-0.1, -0.05) is 6.07 Å². The second kappa shape index (κ2) is 8.78. The van der Waals surface area contributed by atoms with Crippen LogP contribution in [0.15, 0.2) is 42.6 Å². The third-order valence-corrected chi connectivity index (χ3v) is 5.86. The Balaban J connectivity index is 1.47. The fourth-order valence-corrected chi connectivity index (χ4v) is 4.42. The van der Waals surface area contributed by atoms with Gasteiger partial charge in [0.1, 0.15) is 11.6 Å². The summed E-state index contributed by atoms with van der Waals surface area (Å²) in [6.45, 7) is 4.55. The highest BCUT2D eigenvalue weighted by molar-refractivity contribution is 5.55. The number of halogens is 1. The molecule has 3 N–H and O–H groups in total. The monoisotopic (exact) mass is 383 g/mol. The molecular formula is C22H30FN5. The number of rotatable bonds is 5. The number of hydrogen-bond donors (Lipinski definition) is 2. The Morgan fingerprint density at radius 3 is 2.64 bits per heavy atom. The quantitative estimate of drug-likeness (QED) is 0.828. The Hall–Kier alpha value is -2.34. The topological polar surface area (TPSA) is 57.4 Å².